The van der Waals surface area contributed by atoms with Crippen molar-refractivity contribution >= 4 is 11.9 Å². The number of carbonyl (C=O) groups excluding carboxylic acids is 1. The quantitative estimate of drug-likeness (QED) is 0.222. The van der Waals surface area contributed by atoms with E-state index in [1.54, 1.807) is 0 Å². The Balaban J connectivity index is 2.28. The molecule has 0 bridgehead atoms. The van der Waals surface area contributed by atoms with Crippen molar-refractivity contribution in [1.82, 2.24) is 0 Å². The Hall–Kier alpha value is -3.14. The molecule has 4 heteroatoms. The maximum absolute atomic E-state index is 12.4. The van der Waals surface area contributed by atoms with Crippen LogP contribution in [-0.4, -0.2) is 17.0 Å². The highest BCUT2D eigenvalue weighted by atomic mass is 16.5. The van der Waals surface area contributed by atoms with Gasteiger partial charge >= 0.3 is 11.9 Å². The molecule has 0 saturated heterocycles. The molecule has 0 heterocycles. The summed E-state index contributed by atoms with van der Waals surface area (Å²) in [4.78, 5) is 23.3. The van der Waals surface area contributed by atoms with Gasteiger partial charge in [0.1, 0.15) is 5.76 Å². The van der Waals surface area contributed by atoms with Crippen molar-refractivity contribution < 1.29 is 19.4 Å². The molecule has 0 aromatic heterocycles. The Bertz CT molecular complexity index is 1100. The Labute approximate surface area is 217 Å². The number of hydrogen-bond donors (Lipinski definition) is 1. The molecule has 0 spiro atoms. The lowest BCUT2D eigenvalue weighted by molar-refractivity contribution is -0.144. The van der Waals surface area contributed by atoms with Gasteiger partial charge in [0.05, 0.1) is 12.8 Å². The smallest absolute Gasteiger partial charge is 0.311 e. The molecule has 2 aromatic carbocycles. The van der Waals surface area contributed by atoms with Crippen LogP contribution >= 0.6 is 0 Å². The van der Waals surface area contributed by atoms with Crippen LogP contribution in [0.3, 0.4) is 0 Å². The van der Waals surface area contributed by atoms with Gasteiger partial charge in [-0.1, -0.05) is 95.6 Å². The monoisotopic (exact) mass is 490 g/mol. The minimum absolute atomic E-state index is 0.0825. The Morgan fingerprint density at radius 3 is 1.61 bits per heavy atom. The Morgan fingerprint density at radius 1 is 0.750 bits per heavy atom. The molecule has 0 unspecified atom stereocenters. The second-order valence-electron chi connectivity index (χ2n) is 11.8. The fourth-order valence-electron chi connectivity index (χ4n) is 3.86. The molecule has 0 aliphatic heterocycles. The fourth-order valence-corrected chi connectivity index (χ4v) is 3.86. The predicted molar refractivity (Wildman–Crippen MR) is 147 cm³/mol. The highest BCUT2D eigenvalue weighted by Crippen LogP contribution is 2.25. The fraction of sp³-hybridized carbons (Fsp3) is 0.438. The summed E-state index contributed by atoms with van der Waals surface area (Å²) in [5.41, 5.74) is 7.03. The summed E-state index contributed by atoms with van der Waals surface area (Å²) in [6.07, 6.45) is 2.87. The molecule has 0 aliphatic rings. The van der Waals surface area contributed by atoms with E-state index in [1.807, 2.05) is 19.9 Å². The van der Waals surface area contributed by atoms with Gasteiger partial charge in [0.2, 0.25) is 0 Å². The largest absolute Gasteiger partial charge is 0.481 e. The van der Waals surface area contributed by atoms with E-state index in [1.165, 1.54) is 16.7 Å². The molecule has 0 aliphatic carbocycles. The van der Waals surface area contributed by atoms with Gasteiger partial charge in [0.15, 0.2) is 0 Å². The second kappa shape index (κ2) is 12.2. The Morgan fingerprint density at radius 2 is 1.19 bits per heavy atom. The van der Waals surface area contributed by atoms with Crippen LogP contribution in [0.15, 0.2) is 71.5 Å². The predicted octanol–water partition coefficient (Wildman–Crippen LogP) is 7.70. The zero-order valence-corrected chi connectivity index (χ0v) is 23.2. The molecule has 4 nitrogen and oxygen atoms in total. The van der Waals surface area contributed by atoms with Crippen LogP contribution in [-0.2, 0) is 38.0 Å². The third kappa shape index (κ3) is 9.49. The van der Waals surface area contributed by atoms with Crippen LogP contribution in [0.4, 0.5) is 0 Å². The number of carbonyl (C=O) groups is 2. The van der Waals surface area contributed by atoms with Gasteiger partial charge in [-0.2, -0.15) is 0 Å². The van der Waals surface area contributed by atoms with Crippen molar-refractivity contribution in [1.29, 1.82) is 0 Å². The molecule has 36 heavy (non-hydrogen) atoms. The number of carboxylic acids is 1. The van der Waals surface area contributed by atoms with Crippen LogP contribution in [0.5, 0.6) is 0 Å². The number of ether oxygens (including phenoxy) is 1. The van der Waals surface area contributed by atoms with E-state index < -0.39 is 11.9 Å². The summed E-state index contributed by atoms with van der Waals surface area (Å²) in [7, 11) is 0. The van der Waals surface area contributed by atoms with Crippen molar-refractivity contribution in [3.05, 3.63) is 93.8 Å². The van der Waals surface area contributed by atoms with Gasteiger partial charge in [-0.3, -0.25) is 9.59 Å². The SMILES string of the molecule is CC(=CC(OC(=O)CCC(=O)O)=C(C)Cc1ccc(C(C)(C)C)cc1)Cc1ccc(C(C)(C)C)cc1. The normalized spacial score (nSPS) is 13.3. The molecular weight excluding hydrogens is 448 g/mol. The molecule has 1 N–H and O–H groups in total. The van der Waals surface area contributed by atoms with Crippen LogP contribution in [0, 0.1) is 0 Å². The topological polar surface area (TPSA) is 63.6 Å². The number of hydrogen-bond acceptors (Lipinski definition) is 3. The third-order valence-corrected chi connectivity index (χ3v) is 6.16. The number of carboxylic acid groups (broad SMARTS) is 1. The van der Waals surface area contributed by atoms with Gasteiger partial charge in [0.25, 0.3) is 0 Å². The first-order chi connectivity index (χ1) is 16.6. The highest BCUT2D eigenvalue weighted by molar-refractivity contribution is 5.77. The van der Waals surface area contributed by atoms with Gasteiger partial charge < -0.3 is 9.84 Å². The Kier molecular flexibility index (Phi) is 9.86. The maximum atomic E-state index is 12.4. The molecule has 0 amide bonds. The number of esters is 1. The summed E-state index contributed by atoms with van der Waals surface area (Å²) in [6, 6.07) is 17.1. The van der Waals surface area contributed by atoms with E-state index in [4.69, 9.17) is 9.84 Å². The lowest BCUT2D eigenvalue weighted by Crippen LogP contribution is -2.11. The molecule has 0 atom stereocenters. The molecule has 2 aromatic rings. The lowest BCUT2D eigenvalue weighted by atomic mass is 9.86. The number of rotatable bonds is 9. The van der Waals surface area contributed by atoms with Crippen LogP contribution in [0.2, 0.25) is 0 Å². The average Bonchev–Trinajstić information content (AvgIpc) is 2.76. The summed E-state index contributed by atoms with van der Waals surface area (Å²) < 4.78 is 5.69. The molecule has 0 saturated carbocycles. The van der Waals surface area contributed by atoms with E-state index in [0.29, 0.717) is 12.2 Å². The molecule has 0 fully saturated rings. The van der Waals surface area contributed by atoms with Crippen LogP contribution in [0.25, 0.3) is 0 Å². The van der Waals surface area contributed by atoms with Crippen LogP contribution < -0.4 is 0 Å². The van der Waals surface area contributed by atoms with Crippen molar-refractivity contribution in [2.75, 3.05) is 0 Å². The van der Waals surface area contributed by atoms with Crippen molar-refractivity contribution in [2.45, 2.75) is 91.9 Å². The summed E-state index contributed by atoms with van der Waals surface area (Å²) in [5.74, 6) is -1.05. The minimum Gasteiger partial charge on any atom is -0.481 e. The van der Waals surface area contributed by atoms with E-state index in [0.717, 1.165) is 23.1 Å². The van der Waals surface area contributed by atoms with Crippen molar-refractivity contribution in [3.63, 3.8) is 0 Å². The van der Waals surface area contributed by atoms with Gasteiger partial charge in [-0.25, -0.2) is 0 Å². The first-order valence-electron chi connectivity index (χ1n) is 12.6. The van der Waals surface area contributed by atoms with Gasteiger partial charge in [-0.05, 0) is 71.4 Å². The van der Waals surface area contributed by atoms with E-state index in [2.05, 4.69) is 90.1 Å². The highest BCUT2D eigenvalue weighted by Gasteiger charge is 2.15. The number of allylic oxidation sites excluding steroid dienone is 3. The first kappa shape index (κ1) is 29.1. The van der Waals surface area contributed by atoms with E-state index in [-0.39, 0.29) is 23.7 Å². The van der Waals surface area contributed by atoms with E-state index >= 15 is 0 Å². The molecular formula is C32H42O4. The average molecular weight is 491 g/mol. The summed E-state index contributed by atoms with van der Waals surface area (Å²) in [6.45, 7) is 17.1. The lowest BCUT2D eigenvalue weighted by Gasteiger charge is -2.19. The standard InChI is InChI=1S/C32H42O4/c1-22(19-24-9-13-26(14-10-24)31(3,4)5)20-28(36-30(35)18-17-29(33)34)23(2)21-25-11-15-27(16-12-25)32(6,7)8/h9-16,20H,17-19,21H2,1-8H3,(H,33,34). The van der Waals surface area contributed by atoms with Gasteiger partial charge in [-0.15, -0.1) is 0 Å². The maximum Gasteiger partial charge on any atom is 0.311 e. The number of aliphatic carboxylic acids is 1. The van der Waals surface area contributed by atoms with Crippen LogP contribution in [0.1, 0.15) is 90.5 Å². The van der Waals surface area contributed by atoms with Gasteiger partial charge in [0, 0.05) is 0 Å². The summed E-state index contributed by atoms with van der Waals surface area (Å²) in [5, 5.41) is 8.93. The van der Waals surface area contributed by atoms with Crippen molar-refractivity contribution in [3.8, 4) is 0 Å². The molecule has 0 radical (unpaired) electrons. The number of benzene rings is 2. The molecule has 2 rings (SSSR count). The zero-order valence-electron chi connectivity index (χ0n) is 23.2. The molecule has 194 valence electrons. The third-order valence-electron chi connectivity index (χ3n) is 6.16. The zero-order chi connectivity index (χ0) is 27.1. The second-order valence-corrected chi connectivity index (χ2v) is 11.8. The minimum atomic E-state index is -1.02. The van der Waals surface area contributed by atoms with Crippen molar-refractivity contribution in [2.24, 2.45) is 0 Å². The van der Waals surface area contributed by atoms with E-state index in [9.17, 15) is 9.59 Å². The first-order valence-corrected chi connectivity index (χ1v) is 12.6. The summed E-state index contributed by atoms with van der Waals surface area (Å²) >= 11 is 0.